The number of nitrogens with zero attached hydrogens (tertiary/aromatic N) is 2. The molecule has 4 rings (SSSR count). The van der Waals surface area contributed by atoms with E-state index in [9.17, 15) is 9.90 Å². The minimum absolute atomic E-state index is 0.0737. The van der Waals surface area contributed by atoms with Crippen LogP contribution in [0, 0.1) is 0 Å². The van der Waals surface area contributed by atoms with Crippen LogP contribution in [0.25, 0.3) is 11.0 Å². The van der Waals surface area contributed by atoms with Crippen LogP contribution in [0.2, 0.25) is 0 Å². The fraction of sp³-hybridized carbons (Fsp3) is 0.364. The van der Waals surface area contributed by atoms with Crippen LogP contribution < -0.4 is 0 Å². The molecule has 3 aromatic rings. The zero-order valence-electron chi connectivity index (χ0n) is 15.6. The second kappa shape index (κ2) is 7.43. The Bertz CT molecular complexity index is 963. The molecule has 1 unspecified atom stereocenters. The predicted molar refractivity (Wildman–Crippen MR) is 106 cm³/mol. The molecule has 2 aromatic carbocycles. The molecular weight excluding hydrogens is 338 g/mol. The highest BCUT2D eigenvalue weighted by Gasteiger charge is 2.28. The number of imidazole rings is 1. The van der Waals surface area contributed by atoms with Gasteiger partial charge in [0, 0.05) is 18.2 Å². The molecule has 0 bridgehead atoms. The van der Waals surface area contributed by atoms with E-state index < -0.39 is 0 Å². The standard InChI is InChI=1S/C22H25N3O2/c1-2-3-4-18-11-15-5-7-19(26)12-16(15)9-10-25(18)22(27)17-6-8-20-21(13-17)24-14-23-20/h5-8,12-14,18,26H,2-4,9-11H2,1H3,(H,23,24). The molecule has 2 heterocycles. The third-order valence-corrected chi connectivity index (χ3v) is 5.53. The van der Waals surface area contributed by atoms with E-state index in [1.165, 1.54) is 5.56 Å². The van der Waals surface area contributed by atoms with Crippen LogP contribution in [-0.4, -0.2) is 38.5 Å². The van der Waals surface area contributed by atoms with Crippen molar-refractivity contribution in [2.45, 2.75) is 45.1 Å². The fourth-order valence-corrected chi connectivity index (χ4v) is 4.03. The van der Waals surface area contributed by atoms with Crippen molar-refractivity contribution in [3.8, 4) is 5.75 Å². The van der Waals surface area contributed by atoms with Gasteiger partial charge in [0.25, 0.3) is 5.91 Å². The summed E-state index contributed by atoms with van der Waals surface area (Å²) in [5.74, 6) is 0.368. The van der Waals surface area contributed by atoms with Crippen LogP contribution in [0.15, 0.2) is 42.7 Å². The Balaban J connectivity index is 1.65. The first kappa shape index (κ1) is 17.6. The summed E-state index contributed by atoms with van der Waals surface area (Å²) in [7, 11) is 0. The van der Waals surface area contributed by atoms with Gasteiger partial charge < -0.3 is 15.0 Å². The molecule has 5 nitrogen and oxygen atoms in total. The van der Waals surface area contributed by atoms with Gasteiger partial charge in [-0.15, -0.1) is 0 Å². The number of aromatic amines is 1. The van der Waals surface area contributed by atoms with Crippen molar-refractivity contribution in [3.63, 3.8) is 0 Å². The summed E-state index contributed by atoms with van der Waals surface area (Å²) in [6.07, 6.45) is 6.47. The monoisotopic (exact) mass is 363 g/mol. The molecule has 1 aromatic heterocycles. The van der Waals surface area contributed by atoms with Crippen molar-refractivity contribution in [1.82, 2.24) is 14.9 Å². The van der Waals surface area contributed by atoms with Gasteiger partial charge in [-0.2, -0.15) is 0 Å². The molecule has 5 heteroatoms. The van der Waals surface area contributed by atoms with E-state index in [0.29, 0.717) is 17.9 Å². The Morgan fingerprint density at radius 1 is 1.26 bits per heavy atom. The maximum Gasteiger partial charge on any atom is 0.254 e. The highest BCUT2D eigenvalue weighted by atomic mass is 16.3. The summed E-state index contributed by atoms with van der Waals surface area (Å²) < 4.78 is 0. The maximum absolute atomic E-state index is 13.4. The number of phenols is 1. The third-order valence-electron chi connectivity index (χ3n) is 5.53. The number of rotatable bonds is 4. The zero-order valence-corrected chi connectivity index (χ0v) is 15.6. The van der Waals surface area contributed by atoms with Gasteiger partial charge in [0.15, 0.2) is 0 Å². The first-order valence-electron chi connectivity index (χ1n) is 9.70. The largest absolute Gasteiger partial charge is 0.508 e. The Morgan fingerprint density at radius 2 is 2.15 bits per heavy atom. The Labute approximate surface area is 159 Å². The van der Waals surface area contributed by atoms with Crippen LogP contribution in [-0.2, 0) is 12.8 Å². The van der Waals surface area contributed by atoms with E-state index in [1.807, 2.05) is 35.2 Å². The molecule has 0 aliphatic carbocycles. The smallest absolute Gasteiger partial charge is 0.254 e. The lowest BCUT2D eigenvalue weighted by molar-refractivity contribution is 0.0675. The van der Waals surface area contributed by atoms with Crippen molar-refractivity contribution in [2.24, 2.45) is 0 Å². The quantitative estimate of drug-likeness (QED) is 0.734. The lowest BCUT2D eigenvalue weighted by atomic mass is 9.97. The van der Waals surface area contributed by atoms with Gasteiger partial charge in [-0.25, -0.2) is 4.98 Å². The number of nitrogens with one attached hydrogen (secondary N) is 1. The number of H-pyrrole nitrogens is 1. The molecule has 1 aliphatic heterocycles. The summed E-state index contributed by atoms with van der Waals surface area (Å²) in [5, 5.41) is 9.83. The minimum atomic E-state index is 0.0737. The van der Waals surface area contributed by atoms with Crippen molar-refractivity contribution < 1.29 is 9.90 Å². The summed E-state index contributed by atoms with van der Waals surface area (Å²) in [4.78, 5) is 22.7. The average Bonchev–Trinajstić information content (AvgIpc) is 3.07. The number of aromatic nitrogens is 2. The number of amides is 1. The van der Waals surface area contributed by atoms with Gasteiger partial charge in [0.1, 0.15) is 5.75 Å². The molecule has 1 amide bonds. The van der Waals surface area contributed by atoms with E-state index in [1.54, 1.807) is 12.4 Å². The number of unbranched alkanes of at least 4 members (excludes halogenated alkanes) is 1. The van der Waals surface area contributed by atoms with Crippen LogP contribution in [0.4, 0.5) is 0 Å². The Hall–Kier alpha value is -2.82. The van der Waals surface area contributed by atoms with E-state index in [-0.39, 0.29) is 11.9 Å². The van der Waals surface area contributed by atoms with E-state index in [0.717, 1.165) is 48.7 Å². The Kier molecular flexibility index (Phi) is 4.84. The summed E-state index contributed by atoms with van der Waals surface area (Å²) in [5.41, 5.74) is 4.84. The number of phenolic OH excluding ortho intramolecular Hbond substituents is 1. The normalized spacial score (nSPS) is 16.9. The maximum atomic E-state index is 13.4. The van der Waals surface area contributed by atoms with Crippen LogP contribution in [0.3, 0.4) is 0 Å². The van der Waals surface area contributed by atoms with Crippen LogP contribution in [0.1, 0.15) is 47.7 Å². The first-order chi connectivity index (χ1) is 13.2. The van der Waals surface area contributed by atoms with Gasteiger partial charge in [-0.3, -0.25) is 4.79 Å². The summed E-state index contributed by atoms with van der Waals surface area (Å²) in [6.45, 7) is 2.85. The van der Waals surface area contributed by atoms with Gasteiger partial charge >= 0.3 is 0 Å². The topological polar surface area (TPSA) is 69.2 Å². The van der Waals surface area contributed by atoms with E-state index >= 15 is 0 Å². The van der Waals surface area contributed by atoms with Crippen LogP contribution >= 0.6 is 0 Å². The lowest BCUT2D eigenvalue weighted by Crippen LogP contribution is -2.41. The molecule has 27 heavy (non-hydrogen) atoms. The molecule has 0 saturated carbocycles. The number of hydrogen-bond donors (Lipinski definition) is 2. The summed E-state index contributed by atoms with van der Waals surface area (Å²) in [6, 6.07) is 11.4. The molecular formula is C22H25N3O2. The molecule has 0 radical (unpaired) electrons. The lowest BCUT2D eigenvalue weighted by Gasteiger charge is -2.30. The van der Waals surface area contributed by atoms with Crippen molar-refractivity contribution in [3.05, 3.63) is 59.4 Å². The second-order valence-corrected chi connectivity index (χ2v) is 7.34. The average molecular weight is 363 g/mol. The SMILES string of the molecule is CCCCC1Cc2ccc(O)cc2CCN1C(=O)c1ccc2nc[nH]c2c1. The van der Waals surface area contributed by atoms with Crippen molar-refractivity contribution in [2.75, 3.05) is 6.54 Å². The van der Waals surface area contributed by atoms with Gasteiger partial charge in [0.2, 0.25) is 0 Å². The van der Waals surface area contributed by atoms with Crippen molar-refractivity contribution >= 4 is 16.9 Å². The minimum Gasteiger partial charge on any atom is -0.508 e. The number of carbonyl (C=O) groups excluding carboxylic acids is 1. The number of benzene rings is 2. The van der Waals surface area contributed by atoms with Gasteiger partial charge in [-0.05, 0) is 60.7 Å². The predicted octanol–water partition coefficient (Wildman–Crippen LogP) is 4.07. The fourth-order valence-electron chi connectivity index (χ4n) is 4.03. The molecule has 1 aliphatic rings. The van der Waals surface area contributed by atoms with Crippen LogP contribution in [0.5, 0.6) is 5.75 Å². The molecule has 2 N–H and O–H groups in total. The van der Waals surface area contributed by atoms with E-state index in [4.69, 9.17) is 0 Å². The summed E-state index contributed by atoms with van der Waals surface area (Å²) >= 11 is 0. The van der Waals surface area contributed by atoms with Crippen molar-refractivity contribution in [1.29, 1.82) is 0 Å². The van der Waals surface area contributed by atoms with E-state index in [2.05, 4.69) is 16.9 Å². The molecule has 0 spiro atoms. The molecule has 140 valence electrons. The molecule has 0 saturated heterocycles. The molecule has 0 fully saturated rings. The van der Waals surface area contributed by atoms with Gasteiger partial charge in [0.05, 0.1) is 17.4 Å². The number of fused-ring (bicyclic) bond motifs is 2. The first-order valence-corrected chi connectivity index (χ1v) is 9.70. The number of aromatic hydroxyl groups is 1. The zero-order chi connectivity index (χ0) is 18.8. The highest BCUT2D eigenvalue weighted by Crippen LogP contribution is 2.27. The molecule has 1 atom stereocenters. The second-order valence-electron chi connectivity index (χ2n) is 7.34. The Morgan fingerprint density at radius 3 is 3.00 bits per heavy atom. The van der Waals surface area contributed by atoms with Gasteiger partial charge in [-0.1, -0.05) is 25.8 Å². The third kappa shape index (κ3) is 3.54. The number of hydrogen-bond acceptors (Lipinski definition) is 3. The highest BCUT2D eigenvalue weighted by molar-refractivity contribution is 5.97. The number of carbonyl (C=O) groups is 1.